The molecule has 3 atom stereocenters. The molecule has 2 aromatic rings. The summed E-state index contributed by atoms with van der Waals surface area (Å²) in [4.78, 5) is 33.1. The van der Waals surface area contributed by atoms with Crippen LogP contribution in [0, 0.1) is 11.7 Å². The van der Waals surface area contributed by atoms with E-state index in [1.165, 1.54) is 31.7 Å². The van der Waals surface area contributed by atoms with Gasteiger partial charge in [-0.2, -0.15) is 0 Å². The fourth-order valence-corrected chi connectivity index (χ4v) is 4.20. The van der Waals surface area contributed by atoms with Crippen LogP contribution < -0.4 is 21.1 Å². The molecule has 8 nitrogen and oxygen atoms in total. The number of methoxy groups -OCH3 is 1. The summed E-state index contributed by atoms with van der Waals surface area (Å²) in [6, 6.07) is 10.5. The van der Waals surface area contributed by atoms with Crippen LogP contribution in [0.25, 0.3) is 0 Å². The van der Waals surface area contributed by atoms with Crippen LogP contribution >= 0.6 is 11.6 Å². The fraction of sp³-hybridized carbons (Fsp3) is 0.200. The third-order valence-corrected chi connectivity index (χ3v) is 5.97. The number of amidine groups is 1. The number of fused-ring (bicyclic) bond motifs is 1. The van der Waals surface area contributed by atoms with E-state index in [0.29, 0.717) is 22.1 Å². The van der Waals surface area contributed by atoms with Crippen molar-refractivity contribution in [3.8, 4) is 5.75 Å². The number of nitrogens with one attached hydrogen (secondary N) is 2. The van der Waals surface area contributed by atoms with E-state index in [9.17, 15) is 14.0 Å². The fourth-order valence-electron chi connectivity index (χ4n) is 3.95. The van der Waals surface area contributed by atoms with Gasteiger partial charge in [-0.3, -0.25) is 14.6 Å². The van der Waals surface area contributed by atoms with Crippen LogP contribution in [0.15, 0.2) is 75.2 Å². The van der Waals surface area contributed by atoms with Crippen LogP contribution in [-0.4, -0.2) is 37.1 Å². The van der Waals surface area contributed by atoms with E-state index in [-0.39, 0.29) is 23.3 Å². The minimum atomic E-state index is -0.618. The summed E-state index contributed by atoms with van der Waals surface area (Å²) < 4.78 is 18.9. The predicted molar refractivity (Wildman–Crippen MR) is 133 cm³/mol. The highest BCUT2D eigenvalue weighted by Crippen LogP contribution is 2.31. The second-order valence-electron chi connectivity index (χ2n) is 8.06. The Hall–Kier alpha value is -3.98. The van der Waals surface area contributed by atoms with E-state index in [4.69, 9.17) is 22.1 Å². The summed E-state index contributed by atoms with van der Waals surface area (Å²) in [6.07, 6.45) is 4.69. The van der Waals surface area contributed by atoms with Gasteiger partial charge in [0.2, 0.25) is 5.91 Å². The molecular weight excluding hydrogens is 473 g/mol. The summed E-state index contributed by atoms with van der Waals surface area (Å²) in [5, 5.41) is 6.51. The highest BCUT2D eigenvalue weighted by atomic mass is 35.5. The number of benzene rings is 2. The van der Waals surface area contributed by atoms with Gasteiger partial charge in [-0.1, -0.05) is 29.8 Å². The Labute approximate surface area is 206 Å². The zero-order valence-electron chi connectivity index (χ0n) is 19.0. The van der Waals surface area contributed by atoms with Gasteiger partial charge in [0.05, 0.1) is 19.1 Å². The number of allylic oxidation sites excluding steroid dienone is 2. The molecule has 2 amide bonds. The van der Waals surface area contributed by atoms with Gasteiger partial charge in [0.15, 0.2) is 11.6 Å². The number of anilines is 1. The molecule has 0 saturated heterocycles. The number of ether oxygens (including phenoxy) is 1. The Bertz CT molecular complexity index is 1300. The molecule has 0 aromatic heterocycles. The first-order valence-corrected chi connectivity index (χ1v) is 11.1. The lowest BCUT2D eigenvalue weighted by molar-refractivity contribution is -0.114. The lowest BCUT2D eigenvalue weighted by atomic mass is 9.86. The van der Waals surface area contributed by atoms with Crippen LogP contribution in [-0.2, 0) is 4.79 Å². The molecule has 1 aliphatic heterocycles. The first kappa shape index (κ1) is 24.2. The average Bonchev–Trinajstić information content (AvgIpc) is 2.84. The molecule has 0 bridgehead atoms. The number of hydrogen-bond donors (Lipinski definition) is 3. The van der Waals surface area contributed by atoms with E-state index in [2.05, 4.69) is 20.6 Å². The smallest absolute Gasteiger partial charge is 0.255 e. The summed E-state index contributed by atoms with van der Waals surface area (Å²) in [5.74, 6) is -1.37. The van der Waals surface area contributed by atoms with Gasteiger partial charge in [0.1, 0.15) is 12.2 Å². The molecule has 1 aliphatic carbocycles. The molecule has 0 spiro atoms. The van der Waals surface area contributed by atoms with Crippen LogP contribution in [0.4, 0.5) is 10.1 Å². The van der Waals surface area contributed by atoms with Gasteiger partial charge in [-0.15, -0.1) is 0 Å². The zero-order valence-corrected chi connectivity index (χ0v) is 19.7. The van der Waals surface area contributed by atoms with E-state index in [1.807, 2.05) is 19.1 Å². The molecule has 0 radical (unpaired) electrons. The summed E-state index contributed by atoms with van der Waals surface area (Å²) >= 11 is 6.21. The molecule has 2 aliphatic rings. The predicted octanol–water partition coefficient (Wildman–Crippen LogP) is 3.71. The minimum absolute atomic E-state index is 0.0638. The summed E-state index contributed by atoms with van der Waals surface area (Å²) in [6.45, 7) is 1.93. The molecule has 0 fully saturated rings. The molecule has 10 heteroatoms. The Balaban J connectivity index is 1.48. The quantitative estimate of drug-likeness (QED) is 0.566. The monoisotopic (exact) mass is 495 g/mol. The number of primary amides is 1. The molecule has 3 unspecified atom stereocenters. The highest BCUT2D eigenvalue weighted by molar-refractivity contribution is 6.32. The topological polar surface area (TPSA) is 118 Å². The van der Waals surface area contributed by atoms with Crippen molar-refractivity contribution in [1.82, 2.24) is 5.32 Å². The van der Waals surface area contributed by atoms with Crippen LogP contribution in [0.5, 0.6) is 5.75 Å². The SMILES string of the molecule is COc1ccc(C(=O)Nc2cccc(C(C)NC3=NC=NC4C(C(N)=O)=CC(Cl)=CC34)c2)cc1F. The molecule has 180 valence electrons. The third kappa shape index (κ3) is 5.25. The third-order valence-electron chi connectivity index (χ3n) is 5.74. The standard InChI is InChI=1S/C25H23ClFN5O3/c1-13(31-24-19-11-16(26)10-18(23(28)33)22(19)29-12-30-24)14-4-3-5-17(8-14)32-25(34)15-6-7-21(35-2)20(27)9-15/h3-13,19,22H,1-2H3,(H2,28,33)(H,32,34)(H,29,30,31). The Kier molecular flexibility index (Phi) is 6.97. The van der Waals surface area contributed by atoms with E-state index >= 15 is 0 Å². The number of rotatable bonds is 6. The number of carbonyl (C=O) groups excluding carboxylic acids is 2. The van der Waals surface area contributed by atoms with E-state index in [0.717, 1.165) is 11.6 Å². The Morgan fingerprint density at radius 3 is 2.74 bits per heavy atom. The molecule has 4 rings (SSSR count). The number of hydrogen-bond acceptors (Lipinski definition) is 6. The average molecular weight is 496 g/mol. The first-order chi connectivity index (χ1) is 16.8. The van der Waals surface area contributed by atoms with Crippen molar-refractivity contribution < 1.29 is 18.7 Å². The van der Waals surface area contributed by atoms with Gasteiger partial charge in [0, 0.05) is 27.9 Å². The maximum Gasteiger partial charge on any atom is 0.255 e. The molecule has 1 heterocycles. The molecule has 35 heavy (non-hydrogen) atoms. The number of carbonyl (C=O) groups is 2. The van der Waals surface area contributed by atoms with Gasteiger partial charge >= 0.3 is 0 Å². The van der Waals surface area contributed by atoms with Gasteiger partial charge < -0.3 is 21.1 Å². The first-order valence-electron chi connectivity index (χ1n) is 10.8. The second kappa shape index (κ2) is 10.1. The van der Waals surface area contributed by atoms with Crippen molar-refractivity contribution in [2.24, 2.45) is 21.6 Å². The molecule has 2 aromatic carbocycles. The summed E-state index contributed by atoms with van der Waals surface area (Å²) in [5.41, 5.74) is 7.40. The van der Waals surface area contributed by atoms with E-state index < -0.39 is 23.7 Å². The van der Waals surface area contributed by atoms with Crippen LogP contribution in [0.3, 0.4) is 0 Å². The second-order valence-corrected chi connectivity index (χ2v) is 8.50. The van der Waals surface area contributed by atoms with Gasteiger partial charge in [0.25, 0.3) is 5.91 Å². The van der Waals surface area contributed by atoms with Crippen molar-refractivity contribution in [2.75, 3.05) is 12.4 Å². The van der Waals surface area contributed by atoms with Crippen molar-refractivity contribution >= 4 is 41.3 Å². The number of amides is 2. The normalized spacial score (nSPS) is 19.5. The number of nitrogens with two attached hydrogens (primary N) is 1. The van der Waals surface area contributed by atoms with Crippen molar-refractivity contribution in [2.45, 2.75) is 19.0 Å². The highest BCUT2D eigenvalue weighted by Gasteiger charge is 2.35. The lowest BCUT2D eigenvalue weighted by Crippen LogP contribution is -2.43. The van der Waals surface area contributed by atoms with Gasteiger partial charge in [-0.25, -0.2) is 9.38 Å². The summed E-state index contributed by atoms with van der Waals surface area (Å²) in [7, 11) is 1.36. The number of halogens is 2. The van der Waals surface area contributed by atoms with Crippen molar-refractivity contribution in [3.63, 3.8) is 0 Å². The molecule has 0 saturated carbocycles. The minimum Gasteiger partial charge on any atom is -0.494 e. The lowest BCUT2D eigenvalue weighted by Gasteiger charge is -2.31. The zero-order chi connectivity index (χ0) is 25.1. The number of nitrogens with zero attached hydrogens (tertiary/aromatic N) is 2. The maximum absolute atomic E-state index is 14.0. The molecular formula is C25H23ClFN5O3. The largest absolute Gasteiger partial charge is 0.494 e. The molecule has 4 N–H and O–H groups in total. The van der Waals surface area contributed by atoms with Gasteiger partial charge in [-0.05, 0) is 48.9 Å². The van der Waals surface area contributed by atoms with Crippen LogP contribution in [0.1, 0.15) is 28.9 Å². The van der Waals surface area contributed by atoms with Crippen molar-refractivity contribution in [1.29, 1.82) is 0 Å². The Morgan fingerprint density at radius 2 is 2.03 bits per heavy atom. The maximum atomic E-state index is 14.0. The Morgan fingerprint density at radius 1 is 1.23 bits per heavy atom. The van der Waals surface area contributed by atoms with E-state index in [1.54, 1.807) is 18.2 Å². The van der Waals surface area contributed by atoms with Crippen molar-refractivity contribution in [3.05, 3.63) is 82.2 Å². The number of aliphatic imine (C=N–C) groups is 2. The van der Waals surface area contributed by atoms with Crippen LogP contribution in [0.2, 0.25) is 0 Å².